The van der Waals surface area contributed by atoms with Gasteiger partial charge >= 0.3 is 15.6 Å². The van der Waals surface area contributed by atoms with Gasteiger partial charge in [-0.2, -0.15) is 0 Å². The third-order valence-corrected chi connectivity index (χ3v) is 6.43. The number of aliphatic hydroxyl groups is 2. The molecule has 3 heterocycles. The smallest absolute Gasteiger partial charge is 0.388 e. The summed E-state index contributed by atoms with van der Waals surface area (Å²) in [6, 6.07) is 0. The van der Waals surface area contributed by atoms with Crippen molar-refractivity contribution in [3.63, 3.8) is 0 Å². The summed E-state index contributed by atoms with van der Waals surface area (Å²) in [5.41, 5.74) is 0. The quantitative estimate of drug-likeness (QED) is 0.364. The number of hydrogen-bond donors (Lipinski definition) is 4. The summed E-state index contributed by atoms with van der Waals surface area (Å²) in [4.78, 5) is 19.8. The van der Waals surface area contributed by atoms with Crippen molar-refractivity contribution in [3.8, 4) is 0 Å². The first-order chi connectivity index (χ1) is 12.0. The summed E-state index contributed by atoms with van der Waals surface area (Å²) in [6.07, 6.45) is -9.06. The second kappa shape index (κ2) is 7.47. The summed E-state index contributed by atoms with van der Waals surface area (Å²) in [7, 11) is -9.28. The van der Waals surface area contributed by atoms with Crippen LogP contribution in [0.1, 0.15) is 13.8 Å². The van der Waals surface area contributed by atoms with Crippen molar-refractivity contribution >= 4 is 15.6 Å². The van der Waals surface area contributed by atoms with Crippen LogP contribution in [0, 0.1) is 0 Å². The maximum Gasteiger partial charge on any atom is 0.472 e. The molecule has 2 bridgehead atoms. The van der Waals surface area contributed by atoms with E-state index in [1.165, 1.54) is 13.8 Å². The molecule has 0 aliphatic carbocycles. The Hall–Kier alpha value is 0.0600. The van der Waals surface area contributed by atoms with E-state index in [0.717, 1.165) is 0 Å². The van der Waals surface area contributed by atoms with Gasteiger partial charge in [0, 0.05) is 0 Å². The lowest BCUT2D eigenvalue weighted by molar-refractivity contribution is -0.0398. The number of ether oxygens (including phenoxy) is 2. The van der Waals surface area contributed by atoms with E-state index in [2.05, 4.69) is 0 Å². The van der Waals surface area contributed by atoms with E-state index in [9.17, 15) is 29.1 Å². The zero-order valence-electron chi connectivity index (χ0n) is 14.0. The Morgan fingerprint density at radius 2 is 1.27 bits per heavy atom. The molecule has 4 N–H and O–H groups in total. The lowest BCUT2D eigenvalue weighted by atomic mass is 10.1. The first-order valence-corrected chi connectivity index (χ1v) is 11.0. The average Bonchev–Trinajstić information content (AvgIpc) is 2.95. The molecular weight excluding hydrogens is 398 g/mol. The molecule has 0 aromatic carbocycles. The largest absolute Gasteiger partial charge is 0.472 e. The normalized spacial score (nSPS) is 56.2. The number of phosphoric ester groups is 2. The third-order valence-electron chi connectivity index (χ3n) is 4.46. The molecule has 10 unspecified atom stereocenters. The lowest BCUT2D eigenvalue weighted by Gasteiger charge is -2.24. The molecule has 3 fully saturated rings. The molecule has 3 aliphatic rings. The Bertz CT molecular complexity index is 615. The Kier molecular flexibility index (Phi) is 5.97. The molecule has 12 nitrogen and oxygen atoms in total. The predicted molar refractivity (Wildman–Crippen MR) is 82.0 cm³/mol. The van der Waals surface area contributed by atoms with E-state index in [-0.39, 0.29) is 0 Å². The summed E-state index contributed by atoms with van der Waals surface area (Å²) < 4.78 is 54.7. The van der Waals surface area contributed by atoms with Crippen molar-refractivity contribution in [2.75, 3.05) is 13.2 Å². The highest BCUT2D eigenvalue weighted by molar-refractivity contribution is 7.47. The number of rotatable bonds is 0. The number of phosphoric acid groups is 2. The number of hydrogen-bond acceptors (Lipinski definition) is 10. The van der Waals surface area contributed by atoms with E-state index in [4.69, 9.17) is 27.6 Å². The van der Waals surface area contributed by atoms with Crippen LogP contribution in [0.5, 0.6) is 0 Å². The summed E-state index contributed by atoms with van der Waals surface area (Å²) in [5.74, 6) is 0. The van der Waals surface area contributed by atoms with Crippen LogP contribution in [0.25, 0.3) is 0 Å². The molecule has 26 heavy (non-hydrogen) atoms. The molecule has 3 saturated heterocycles. The summed E-state index contributed by atoms with van der Waals surface area (Å²) in [5, 5.41) is 20.3. The minimum atomic E-state index is -4.66. The second-order valence-electron chi connectivity index (χ2n) is 6.41. The van der Waals surface area contributed by atoms with E-state index in [0.29, 0.717) is 0 Å². The van der Waals surface area contributed by atoms with Crippen molar-refractivity contribution in [2.24, 2.45) is 0 Å². The first kappa shape index (κ1) is 20.8. The van der Waals surface area contributed by atoms with Crippen LogP contribution in [0.15, 0.2) is 0 Å². The van der Waals surface area contributed by atoms with Crippen molar-refractivity contribution in [3.05, 3.63) is 0 Å². The molecule has 0 radical (unpaired) electrons. The molecule has 0 aromatic rings. The van der Waals surface area contributed by atoms with Crippen molar-refractivity contribution in [1.29, 1.82) is 0 Å². The SMILES string of the molecule is CC1OC2COP(=O)(O)OC3C(C)OC(COP(=O)(O)OC2C1O)C3O. The highest BCUT2D eigenvalue weighted by Crippen LogP contribution is 2.51. The van der Waals surface area contributed by atoms with Crippen molar-refractivity contribution in [2.45, 2.75) is 62.7 Å². The van der Waals surface area contributed by atoms with Crippen LogP contribution in [-0.4, -0.2) is 82.0 Å². The fraction of sp³-hybridized carbons (Fsp3) is 1.00. The summed E-state index contributed by atoms with van der Waals surface area (Å²) >= 11 is 0. The van der Waals surface area contributed by atoms with Gasteiger partial charge in [0.15, 0.2) is 0 Å². The molecule has 0 amide bonds. The van der Waals surface area contributed by atoms with Crippen LogP contribution in [0.4, 0.5) is 0 Å². The fourth-order valence-corrected chi connectivity index (χ4v) is 5.06. The highest BCUT2D eigenvalue weighted by Gasteiger charge is 2.50. The van der Waals surface area contributed by atoms with Gasteiger partial charge in [0.1, 0.15) is 36.6 Å². The van der Waals surface area contributed by atoms with E-state index < -0.39 is 77.7 Å². The van der Waals surface area contributed by atoms with Crippen LogP contribution < -0.4 is 0 Å². The topological polar surface area (TPSA) is 170 Å². The average molecular weight is 420 g/mol. The fourth-order valence-electron chi connectivity index (χ4n) is 3.10. The third kappa shape index (κ3) is 4.38. The molecule has 0 aromatic heterocycles. The zero-order valence-corrected chi connectivity index (χ0v) is 15.8. The number of aliphatic hydroxyl groups excluding tert-OH is 2. The molecule has 152 valence electrons. The monoisotopic (exact) mass is 420 g/mol. The molecule has 10 atom stereocenters. The van der Waals surface area contributed by atoms with E-state index >= 15 is 0 Å². The van der Waals surface area contributed by atoms with E-state index in [1.807, 2.05) is 0 Å². The Morgan fingerprint density at radius 1 is 0.769 bits per heavy atom. The van der Waals surface area contributed by atoms with Crippen LogP contribution in [0.3, 0.4) is 0 Å². The Morgan fingerprint density at radius 3 is 1.88 bits per heavy atom. The Balaban J connectivity index is 1.85. The molecule has 3 aliphatic heterocycles. The molecule has 0 saturated carbocycles. The zero-order chi connectivity index (χ0) is 19.3. The minimum Gasteiger partial charge on any atom is -0.388 e. The van der Waals surface area contributed by atoms with Gasteiger partial charge in [-0.15, -0.1) is 0 Å². The highest BCUT2D eigenvalue weighted by atomic mass is 31.2. The molecule has 14 heteroatoms. The van der Waals surface area contributed by atoms with Gasteiger partial charge in [0.2, 0.25) is 0 Å². The van der Waals surface area contributed by atoms with Crippen LogP contribution >= 0.6 is 15.6 Å². The lowest BCUT2D eigenvalue weighted by Crippen LogP contribution is -2.36. The van der Waals surface area contributed by atoms with Crippen molar-refractivity contribution < 1.29 is 56.7 Å². The standard InChI is InChI=1S/C12H22O12P2/c1-5-9(13)12-8(21-5)4-20-25(15,16)23-11-6(2)22-7(10(11)14)3-19-26(17,18)24-12/h5-14H,3-4H2,1-2H3,(H,15,16)(H,17,18). The van der Waals surface area contributed by atoms with Gasteiger partial charge < -0.3 is 29.5 Å². The Labute approximate surface area is 149 Å². The predicted octanol–water partition coefficient (Wildman–Crippen LogP) is -0.699. The minimum absolute atomic E-state index is 0.542. The van der Waals surface area contributed by atoms with Gasteiger partial charge in [-0.25, -0.2) is 9.13 Å². The van der Waals surface area contributed by atoms with Gasteiger partial charge in [0.05, 0.1) is 25.4 Å². The van der Waals surface area contributed by atoms with Crippen molar-refractivity contribution in [1.82, 2.24) is 0 Å². The van der Waals surface area contributed by atoms with Gasteiger partial charge in [-0.3, -0.25) is 18.1 Å². The second-order valence-corrected chi connectivity index (χ2v) is 9.22. The van der Waals surface area contributed by atoms with E-state index in [1.54, 1.807) is 0 Å². The summed E-state index contributed by atoms with van der Waals surface area (Å²) in [6.45, 7) is 1.87. The van der Waals surface area contributed by atoms with Crippen LogP contribution in [0.2, 0.25) is 0 Å². The maximum atomic E-state index is 12.2. The first-order valence-electron chi connectivity index (χ1n) is 7.97. The van der Waals surface area contributed by atoms with Gasteiger partial charge in [-0.1, -0.05) is 0 Å². The molecule has 0 spiro atoms. The molecule has 3 rings (SSSR count). The van der Waals surface area contributed by atoms with Gasteiger partial charge in [-0.05, 0) is 13.8 Å². The molecular formula is C12H22O12P2. The maximum absolute atomic E-state index is 12.2. The van der Waals surface area contributed by atoms with Gasteiger partial charge in [0.25, 0.3) is 0 Å². The van der Waals surface area contributed by atoms with Crippen LogP contribution in [-0.2, 0) is 36.7 Å². The number of fused-ring (bicyclic) bond motifs is 3.